The highest BCUT2D eigenvalue weighted by Gasteiger charge is 2.36. The molecule has 0 radical (unpaired) electrons. The Morgan fingerprint density at radius 2 is 1.90 bits per heavy atom. The van der Waals surface area contributed by atoms with Crippen LogP contribution in [0.5, 0.6) is 5.88 Å². The number of rotatable bonds is 7. The summed E-state index contributed by atoms with van der Waals surface area (Å²) in [5.74, 6) is -0.388. The van der Waals surface area contributed by atoms with E-state index in [9.17, 15) is 13.2 Å². The molecular formula is C18H27ClN4O5S. The zero-order chi connectivity index (χ0) is 20.9. The van der Waals surface area contributed by atoms with E-state index in [0.717, 1.165) is 32.1 Å². The molecule has 0 bridgehead atoms. The van der Waals surface area contributed by atoms with E-state index in [-0.39, 0.29) is 25.1 Å². The van der Waals surface area contributed by atoms with Gasteiger partial charge in [-0.05, 0) is 37.7 Å². The summed E-state index contributed by atoms with van der Waals surface area (Å²) < 4.78 is 35.3. The second kappa shape index (κ2) is 10.0. The molecule has 3 rings (SSSR count). The lowest BCUT2D eigenvalue weighted by atomic mass is 9.84. The SMILES string of the molecule is O=C(NO)[C@H](NS(=O)(=O)N1CCC(Oc2ccc(Cl)cn2)CC1)C1CCCCC1. The normalized spacial score (nSPS) is 20.9. The Hall–Kier alpha value is -1.46. The number of nitrogens with one attached hydrogen (secondary N) is 2. The Kier molecular flexibility index (Phi) is 7.69. The van der Waals surface area contributed by atoms with Crippen LogP contribution in [0.1, 0.15) is 44.9 Å². The average Bonchev–Trinajstić information content (AvgIpc) is 2.74. The molecule has 2 heterocycles. The van der Waals surface area contributed by atoms with Crippen molar-refractivity contribution in [3.05, 3.63) is 23.4 Å². The minimum atomic E-state index is -3.87. The van der Waals surface area contributed by atoms with Gasteiger partial charge in [0.15, 0.2) is 0 Å². The van der Waals surface area contributed by atoms with Gasteiger partial charge < -0.3 is 4.74 Å². The van der Waals surface area contributed by atoms with Crippen molar-refractivity contribution in [1.29, 1.82) is 0 Å². The van der Waals surface area contributed by atoms with E-state index >= 15 is 0 Å². The van der Waals surface area contributed by atoms with Gasteiger partial charge in [-0.2, -0.15) is 17.4 Å². The topological polar surface area (TPSA) is 121 Å². The number of nitrogens with zero attached hydrogens (tertiary/aromatic N) is 2. The first kappa shape index (κ1) is 22.2. The molecule has 29 heavy (non-hydrogen) atoms. The standard InChI is InChI=1S/C18H27ClN4O5S/c19-14-6-7-16(20-12-14)28-15-8-10-23(11-9-15)29(26,27)22-17(18(24)21-25)13-4-2-1-3-5-13/h6-7,12-13,15,17,22,25H,1-5,8-11H2,(H,21,24)/t17-/m1/s1. The maximum Gasteiger partial charge on any atom is 0.280 e. The van der Waals surface area contributed by atoms with Gasteiger partial charge in [-0.25, -0.2) is 10.5 Å². The molecule has 1 saturated heterocycles. The third-order valence-corrected chi connectivity index (χ3v) is 7.34. The fourth-order valence-electron chi connectivity index (χ4n) is 3.93. The van der Waals surface area contributed by atoms with Crippen molar-refractivity contribution in [2.24, 2.45) is 5.92 Å². The average molecular weight is 447 g/mol. The van der Waals surface area contributed by atoms with Gasteiger partial charge in [-0.15, -0.1) is 0 Å². The third kappa shape index (κ3) is 6.02. The molecule has 1 aliphatic heterocycles. The van der Waals surface area contributed by atoms with Crippen molar-refractivity contribution in [3.8, 4) is 5.88 Å². The molecule has 0 unspecified atom stereocenters. The lowest BCUT2D eigenvalue weighted by molar-refractivity contribution is -0.132. The summed E-state index contributed by atoms with van der Waals surface area (Å²) in [5.41, 5.74) is 1.61. The van der Waals surface area contributed by atoms with E-state index < -0.39 is 22.2 Å². The molecule has 2 fully saturated rings. The molecule has 0 spiro atoms. The molecule has 3 N–H and O–H groups in total. The summed E-state index contributed by atoms with van der Waals surface area (Å²) in [5, 5.41) is 9.57. The number of hydrogen-bond acceptors (Lipinski definition) is 6. The quantitative estimate of drug-likeness (QED) is 0.434. The fraction of sp³-hybridized carbons (Fsp3) is 0.667. The van der Waals surface area contributed by atoms with Crippen molar-refractivity contribution in [2.45, 2.75) is 57.1 Å². The first-order valence-corrected chi connectivity index (χ1v) is 11.7. The molecule has 1 aromatic rings. The van der Waals surface area contributed by atoms with Gasteiger partial charge in [0.05, 0.1) is 5.02 Å². The molecule has 9 nitrogen and oxygen atoms in total. The number of hydroxylamine groups is 1. The van der Waals surface area contributed by atoms with Gasteiger partial charge in [-0.1, -0.05) is 30.9 Å². The summed E-state index contributed by atoms with van der Waals surface area (Å²) in [7, 11) is -3.87. The van der Waals surface area contributed by atoms with Crippen LogP contribution in [-0.4, -0.2) is 54.1 Å². The van der Waals surface area contributed by atoms with Gasteiger partial charge in [-0.3, -0.25) is 10.0 Å². The van der Waals surface area contributed by atoms with Gasteiger partial charge in [0, 0.05) is 25.4 Å². The van der Waals surface area contributed by atoms with Crippen LogP contribution in [0.15, 0.2) is 18.3 Å². The lowest BCUT2D eigenvalue weighted by Crippen LogP contribution is -2.55. The van der Waals surface area contributed by atoms with Gasteiger partial charge in [0.2, 0.25) is 5.88 Å². The van der Waals surface area contributed by atoms with Crippen LogP contribution in [0.2, 0.25) is 5.02 Å². The summed E-state index contributed by atoms with van der Waals surface area (Å²) in [6, 6.07) is 2.39. The minimum Gasteiger partial charge on any atom is -0.474 e. The van der Waals surface area contributed by atoms with E-state index in [1.165, 1.54) is 10.5 Å². The molecule has 1 atom stereocenters. The van der Waals surface area contributed by atoms with Crippen molar-refractivity contribution >= 4 is 27.7 Å². The summed E-state index contributed by atoms with van der Waals surface area (Å²) in [4.78, 5) is 16.2. The van der Waals surface area contributed by atoms with Crippen LogP contribution in [-0.2, 0) is 15.0 Å². The Bertz CT molecular complexity index is 778. The molecule has 2 aliphatic rings. The smallest absolute Gasteiger partial charge is 0.280 e. The number of carbonyl (C=O) groups is 1. The minimum absolute atomic E-state index is 0.123. The van der Waals surface area contributed by atoms with Crippen LogP contribution in [0.3, 0.4) is 0 Å². The van der Waals surface area contributed by atoms with Gasteiger partial charge >= 0.3 is 0 Å². The zero-order valence-corrected chi connectivity index (χ0v) is 17.7. The molecule has 162 valence electrons. The number of pyridine rings is 1. The van der Waals surface area contributed by atoms with Gasteiger partial charge in [0.25, 0.3) is 16.1 Å². The molecular weight excluding hydrogens is 420 g/mol. The fourth-order valence-corrected chi connectivity index (χ4v) is 5.50. The predicted molar refractivity (Wildman–Crippen MR) is 107 cm³/mol. The van der Waals surface area contributed by atoms with E-state index in [0.29, 0.717) is 23.7 Å². The second-order valence-corrected chi connectivity index (χ2v) is 9.64. The zero-order valence-electron chi connectivity index (χ0n) is 16.1. The lowest BCUT2D eigenvalue weighted by Gasteiger charge is -2.34. The second-order valence-electron chi connectivity index (χ2n) is 7.51. The Morgan fingerprint density at radius 3 is 2.48 bits per heavy atom. The molecule has 1 aliphatic carbocycles. The maximum atomic E-state index is 12.8. The first-order chi connectivity index (χ1) is 13.9. The highest BCUT2D eigenvalue weighted by molar-refractivity contribution is 7.87. The number of piperidine rings is 1. The largest absolute Gasteiger partial charge is 0.474 e. The summed E-state index contributed by atoms with van der Waals surface area (Å²) in [6.07, 6.45) is 6.84. The Balaban J connectivity index is 1.57. The van der Waals surface area contributed by atoms with Crippen LogP contribution >= 0.6 is 11.6 Å². The Morgan fingerprint density at radius 1 is 1.21 bits per heavy atom. The predicted octanol–water partition coefficient (Wildman–Crippen LogP) is 1.87. The number of carbonyl (C=O) groups excluding carboxylic acids is 1. The van der Waals surface area contributed by atoms with Crippen molar-refractivity contribution in [3.63, 3.8) is 0 Å². The number of amides is 1. The highest BCUT2D eigenvalue weighted by atomic mass is 35.5. The van der Waals surface area contributed by atoms with E-state index in [1.54, 1.807) is 17.6 Å². The summed E-state index contributed by atoms with van der Waals surface area (Å²) in [6.45, 7) is 0.539. The van der Waals surface area contributed by atoms with Crippen molar-refractivity contribution in [1.82, 2.24) is 19.5 Å². The van der Waals surface area contributed by atoms with Crippen molar-refractivity contribution < 1.29 is 23.2 Å². The monoisotopic (exact) mass is 446 g/mol. The van der Waals surface area contributed by atoms with E-state index in [2.05, 4.69) is 9.71 Å². The maximum absolute atomic E-state index is 12.8. The highest BCUT2D eigenvalue weighted by Crippen LogP contribution is 2.28. The molecule has 1 aromatic heterocycles. The number of ether oxygens (including phenoxy) is 1. The van der Waals surface area contributed by atoms with Crippen LogP contribution in [0, 0.1) is 5.92 Å². The molecule has 1 saturated carbocycles. The number of hydrogen-bond donors (Lipinski definition) is 3. The van der Waals surface area contributed by atoms with Crippen LogP contribution in [0.4, 0.5) is 0 Å². The molecule has 11 heteroatoms. The molecule has 1 amide bonds. The van der Waals surface area contributed by atoms with Gasteiger partial charge in [0.1, 0.15) is 12.1 Å². The number of aromatic nitrogens is 1. The van der Waals surface area contributed by atoms with E-state index in [4.69, 9.17) is 21.5 Å². The van der Waals surface area contributed by atoms with Crippen LogP contribution < -0.4 is 14.9 Å². The van der Waals surface area contributed by atoms with E-state index in [1.807, 2.05) is 0 Å². The first-order valence-electron chi connectivity index (χ1n) is 9.88. The third-order valence-electron chi connectivity index (χ3n) is 5.52. The van der Waals surface area contributed by atoms with Crippen LogP contribution in [0.25, 0.3) is 0 Å². The summed E-state index contributed by atoms with van der Waals surface area (Å²) >= 11 is 5.81. The molecule has 0 aromatic carbocycles. The Labute approximate surface area is 175 Å². The number of halogens is 1. The van der Waals surface area contributed by atoms with Crippen molar-refractivity contribution in [2.75, 3.05) is 13.1 Å².